The van der Waals surface area contributed by atoms with E-state index in [9.17, 15) is 4.39 Å². The molecule has 5 heteroatoms. The Balaban J connectivity index is 2.30. The summed E-state index contributed by atoms with van der Waals surface area (Å²) in [4.78, 5) is 8.41. The molecule has 1 aliphatic rings. The third-order valence-corrected chi connectivity index (χ3v) is 2.64. The van der Waals surface area contributed by atoms with Gasteiger partial charge in [-0.2, -0.15) is 0 Å². The molecule has 16 heavy (non-hydrogen) atoms. The average molecular weight is 224 g/mol. The highest BCUT2D eigenvalue weighted by Gasteiger charge is 2.30. The minimum Gasteiger partial charge on any atom is -0.366 e. The van der Waals surface area contributed by atoms with Gasteiger partial charge < -0.3 is 11.1 Å². The number of anilines is 1. The average Bonchev–Trinajstić information content (AvgIpc) is 3.11. The second-order valence-corrected chi connectivity index (χ2v) is 4.03. The maximum Gasteiger partial charge on any atom is 0.187 e. The van der Waals surface area contributed by atoms with Gasteiger partial charge in [0.15, 0.2) is 11.6 Å². The SMILES string of the molecule is CCc1nc(NCCN)c(F)c(C2CC2)n1. The first-order valence-electron chi connectivity index (χ1n) is 5.76. The van der Waals surface area contributed by atoms with E-state index < -0.39 is 0 Å². The summed E-state index contributed by atoms with van der Waals surface area (Å²) in [5.74, 6) is 1.00. The Morgan fingerprint density at radius 2 is 2.19 bits per heavy atom. The van der Waals surface area contributed by atoms with Crippen molar-refractivity contribution in [1.82, 2.24) is 9.97 Å². The Kier molecular flexibility index (Phi) is 3.33. The van der Waals surface area contributed by atoms with E-state index in [4.69, 9.17) is 5.73 Å². The van der Waals surface area contributed by atoms with Gasteiger partial charge in [-0.25, -0.2) is 14.4 Å². The normalized spacial score (nSPS) is 15.2. The first-order chi connectivity index (χ1) is 7.76. The van der Waals surface area contributed by atoms with Gasteiger partial charge in [0.2, 0.25) is 0 Å². The summed E-state index contributed by atoms with van der Waals surface area (Å²) in [6, 6.07) is 0. The molecule has 1 heterocycles. The molecule has 0 bridgehead atoms. The van der Waals surface area contributed by atoms with Gasteiger partial charge in [-0.15, -0.1) is 0 Å². The first-order valence-corrected chi connectivity index (χ1v) is 5.76. The largest absolute Gasteiger partial charge is 0.366 e. The predicted octanol–water partition coefficient (Wildman–Crippen LogP) is 1.43. The van der Waals surface area contributed by atoms with Crippen LogP contribution in [-0.2, 0) is 6.42 Å². The van der Waals surface area contributed by atoms with Crippen LogP contribution in [0.1, 0.15) is 37.2 Å². The van der Waals surface area contributed by atoms with Crippen LogP contribution in [-0.4, -0.2) is 23.1 Å². The lowest BCUT2D eigenvalue weighted by Gasteiger charge is -2.10. The number of aryl methyl sites for hydroxylation is 1. The summed E-state index contributed by atoms with van der Waals surface area (Å²) in [6.07, 6.45) is 2.79. The van der Waals surface area contributed by atoms with Gasteiger partial charge in [-0.1, -0.05) is 6.92 Å². The summed E-state index contributed by atoms with van der Waals surface area (Å²) in [7, 11) is 0. The van der Waals surface area contributed by atoms with Gasteiger partial charge in [0.05, 0.1) is 5.69 Å². The molecule has 1 fully saturated rings. The van der Waals surface area contributed by atoms with Crippen LogP contribution in [0.2, 0.25) is 0 Å². The van der Waals surface area contributed by atoms with E-state index in [0.717, 1.165) is 19.3 Å². The number of hydrogen-bond donors (Lipinski definition) is 2. The fourth-order valence-electron chi connectivity index (χ4n) is 1.61. The van der Waals surface area contributed by atoms with E-state index in [1.165, 1.54) is 0 Å². The van der Waals surface area contributed by atoms with Gasteiger partial charge in [-0.3, -0.25) is 0 Å². The van der Waals surface area contributed by atoms with Gasteiger partial charge >= 0.3 is 0 Å². The topological polar surface area (TPSA) is 63.8 Å². The molecule has 0 radical (unpaired) electrons. The molecular weight excluding hydrogens is 207 g/mol. The van der Waals surface area contributed by atoms with Gasteiger partial charge in [-0.05, 0) is 12.8 Å². The molecule has 1 aromatic rings. The van der Waals surface area contributed by atoms with E-state index >= 15 is 0 Å². The van der Waals surface area contributed by atoms with E-state index in [2.05, 4.69) is 15.3 Å². The van der Waals surface area contributed by atoms with Crippen molar-refractivity contribution in [1.29, 1.82) is 0 Å². The minimum atomic E-state index is -0.298. The molecule has 0 unspecified atom stereocenters. The van der Waals surface area contributed by atoms with Crippen molar-refractivity contribution < 1.29 is 4.39 Å². The summed E-state index contributed by atoms with van der Waals surface area (Å²) in [5, 5.41) is 2.91. The van der Waals surface area contributed by atoms with E-state index in [1.807, 2.05) is 6.92 Å². The van der Waals surface area contributed by atoms with E-state index in [1.54, 1.807) is 0 Å². The van der Waals surface area contributed by atoms with Crippen LogP contribution >= 0.6 is 0 Å². The zero-order valence-corrected chi connectivity index (χ0v) is 9.46. The highest BCUT2D eigenvalue weighted by molar-refractivity contribution is 5.40. The smallest absolute Gasteiger partial charge is 0.187 e. The number of nitrogens with one attached hydrogen (secondary N) is 1. The number of aromatic nitrogens is 2. The molecule has 3 N–H and O–H groups in total. The maximum absolute atomic E-state index is 14.0. The quantitative estimate of drug-likeness (QED) is 0.794. The molecule has 1 saturated carbocycles. The number of halogens is 1. The molecule has 0 aromatic carbocycles. The third kappa shape index (κ3) is 2.29. The van der Waals surface area contributed by atoms with Crippen molar-refractivity contribution in [3.05, 3.63) is 17.3 Å². The van der Waals surface area contributed by atoms with Crippen LogP contribution in [0, 0.1) is 5.82 Å². The molecule has 4 nitrogen and oxygen atoms in total. The third-order valence-electron chi connectivity index (χ3n) is 2.64. The molecular formula is C11H17FN4. The molecule has 88 valence electrons. The Bertz CT molecular complexity index is 376. The number of hydrogen-bond acceptors (Lipinski definition) is 4. The van der Waals surface area contributed by atoms with Crippen molar-refractivity contribution in [3.63, 3.8) is 0 Å². The second kappa shape index (κ2) is 4.74. The maximum atomic E-state index is 14.0. The van der Waals surface area contributed by atoms with Crippen molar-refractivity contribution in [2.45, 2.75) is 32.1 Å². The van der Waals surface area contributed by atoms with Crippen LogP contribution in [0.3, 0.4) is 0 Å². The lowest BCUT2D eigenvalue weighted by Crippen LogP contribution is -2.16. The van der Waals surface area contributed by atoms with Crippen molar-refractivity contribution >= 4 is 5.82 Å². The van der Waals surface area contributed by atoms with Crippen molar-refractivity contribution in [2.75, 3.05) is 18.4 Å². The Hall–Kier alpha value is -1.23. The molecule has 1 aromatic heterocycles. The summed E-state index contributed by atoms with van der Waals surface area (Å²) in [5.41, 5.74) is 5.95. The lowest BCUT2D eigenvalue weighted by atomic mass is 10.2. The van der Waals surface area contributed by atoms with Crippen LogP contribution in [0.25, 0.3) is 0 Å². The molecule has 0 aliphatic heterocycles. The van der Waals surface area contributed by atoms with Crippen molar-refractivity contribution in [3.8, 4) is 0 Å². The Morgan fingerprint density at radius 3 is 2.75 bits per heavy atom. The molecule has 0 atom stereocenters. The number of nitrogens with two attached hydrogens (primary N) is 1. The standard InChI is InChI=1S/C11H17FN4/c1-2-8-15-10(7-3-4-7)9(12)11(16-8)14-6-5-13/h7H,2-6,13H2,1H3,(H,14,15,16). The highest BCUT2D eigenvalue weighted by atomic mass is 19.1. The van der Waals surface area contributed by atoms with Crippen LogP contribution < -0.4 is 11.1 Å². The van der Waals surface area contributed by atoms with Crippen LogP contribution in [0.15, 0.2) is 0 Å². The molecule has 0 saturated heterocycles. The first kappa shape index (κ1) is 11.3. The van der Waals surface area contributed by atoms with E-state index in [0.29, 0.717) is 36.3 Å². The molecule has 2 rings (SSSR count). The summed E-state index contributed by atoms with van der Waals surface area (Å²) >= 11 is 0. The fraction of sp³-hybridized carbons (Fsp3) is 0.636. The van der Waals surface area contributed by atoms with Crippen LogP contribution in [0.4, 0.5) is 10.2 Å². The summed E-state index contributed by atoms with van der Waals surface area (Å²) in [6.45, 7) is 2.96. The van der Waals surface area contributed by atoms with Gasteiger partial charge in [0.1, 0.15) is 5.82 Å². The Labute approximate surface area is 94.5 Å². The fourth-order valence-corrected chi connectivity index (χ4v) is 1.61. The molecule has 1 aliphatic carbocycles. The minimum absolute atomic E-state index is 0.298. The zero-order chi connectivity index (χ0) is 11.5. The number of rotatable bonds is 5. The molecule has 0 spiro atoms. The lowest BCUT2D eigenvalue weighted by molar-refractivity contribution is 0.590. The van der Waals surface area contributed by atoms with Crippen molar-refractivity contribution in [2.24, 2.45) is 5.73 Å². The monoisotopic (exact) mass is 224 g/mol. The molecule has 0 amide bonds. The van der Waals surface area contributed by atoms with Gasteiger partial charge in [0.25, 0.3) is 0 Å². The zero-order valence-electron chi connectivity index (χ0n) is 9.46. The van der Waals surface area contributed by atoms with Gasteiger partial charge in [0, 0.05) is 25.4 Å². The highest BCUT2D eigenvalue weighted by Crippen LogP contribution is 2.41. The second-order valence-electron chi connectivity index (χ2n) is 4.03. The predicted molar refractivity (Wildman–Crippen MR) is 60.9 cm³/mol. The van der Waals surface area contributed by atoms with Crippen LogP contribution in [0.5, 0.6) is 0 Å². The number of nitrogens with zero attached hydrogens (tertiary/aromatic N) is 2. The Morgan fingerprint density at radius 1 is 1.44 bits per heavy atom. The van der Waals surface area contributed by atoms with E-state index in [-0.39, 0.29) is 5.82 Å². The summed E-state index contributed by atoms with van der Waals surface area (Å²) < 4.78 is 14.0.